The van der Waals surface area contributed by atoms with Crippen molar-refractivity contribution in [3.8, 4) is 17.1 Å². The van der Waals surface area contributed by atoms with E-state index in [1.54, 1.807) is 11.2 Å². The van der Waals surface area contributed by atoms with Gasteiger partial charge in [0.1, 0.15) is 41.5 Å². The lowest BCUT2D eigenvalue weighted by Gasteiger charge is -2.42. The van der Waals surface area contributed by atoms with Crippen molar-refractivity contribution >= 4 is 30.9 Å². The summed E-state index contributed by atoms with van der Waals surface area (Å²) < 4.78 is 35.8. The SMILES string of the molecule is C[C@H]1CN(c2cc(-c3c4cc(OC5(C)CC5)ccc4nn3COCC[Si](C)(C)C)ncn2)CCN1CCC1(F)CCN(C(=O)OC(C)(C)C)CC1. The minimum Gasteiger partial charge on any atom is -0.488 e. The normalized spacial score (nSPS) is 20.8. The van der Waals surface area contributed by atoms with Gasteiger partial charge in [0.25, 0.3) is 0 Å². The third-order valence-electron chi connectivity index (χ3n) is 10.4. The van der Waals surface area contributed by atoms with Gasteiger partial charge in [-0.15, -0.1) is 0 Å². The zero-order chi connectivity index (χ0) is 36.6. The van der Waals surface area contributed by atoms with Crippen LogP contribution in [0.25, 0.3) is 22.3 Å². The molecule has 1 atom stereocenters. The monoisotopic (exact) mass is 723 g/mol. The van der Waals surface area contributed by atoms with Gasteiger partial charge in [0, 0.05) is 71.4 Å². The predicted octanol–water partition coefficient (Wildman–Crippen LogP) is 7.38. The first-order valence-electron chi connectivity index (χ1n) is 18.7. The number of piperazine rings is 1. The van der Waals surface area contributed by atoms with Crippen LogP contribution in [0, 0.1) is 0 Å². The molecule has 1 aliphatic carbocycles. The summed E-state index contributed by atoms with van der Waals surface area (Å²) in [5.74, 6) is 1.70. The van der Waals surface area contributed by atoms with Gasteiger partial charge in [-0.2, -0.15) is 5.10 Å². The quantitative estimate of drug-likeness (QED) is 0.140. The average Bonchev–Trinajstić information content (AvgIpc) is 3.66. The summed E-state index contributed by atoms with van der Waals surface area (Å²) in [6.45, 7) is 21.8. The number of hydrogen-bond donors (Lipinski definition) is 0. The van der Waals surface area contributed by atoms with E-state index in [-0.39, 0.29) is 17.7 Å². The number of ether oxygens (including phenoxy) is 3. The highest BCUT2D eigenvalue weighted by atomic mass is 28.3. The number of carbonyl (C=O) groups is 1. The molecule has 4 heterocycles. The van der Waals surface area contributed by atoms with Gasteiger partial charge >= 0.3 is 6.09 Å². The van der Waals surface area contributed by atoms with Gasteiger partial charge in [0.15, 0.2) is 0 Å². The Kier molecular flexibility index (Phi) is 10.7. The van der Waals surface area contributed by atoms with E-state index < -0.39 is 19.3 Å². The fraction of sp³-hybridized carbons (Fsp3) is 0.684. The van der Waals surface area contributed by atoms with Crippen LogP contribution in [0.2, 0.25) is 25.7 Å². The number of piperidine rings is 1. The maximum absolute atomic E-state index is 15.9. The molecule has 2 aromatic heterocycles. The van der Waals surface area contributed by atoms with Crippen LogP contribution in [-0.2, 0) is 16.2 Å². The van der Waals surface area contributed by atoms with E-state index in [1.807, 2.05) is 37.6 Å². The lowest BCUT2D eigenvalue weighted by Crippen LogP contribution is -2.53. The number of likely N-dealkylation sites (tertiary alicyclic amines) is 1. The van der Waals surface area contributed by atoms with E-state index in [4.69, 9.17) is 29.3 Å². The molecular formula is C38H58FN7O4Si. The van der Waals surface area contributed by atoms with Gasteiger partial charge in [0.05, 0.1) is 16.9 Å². The molecule has 0 radical (unpaired) electrons. The first kappa shape index (κ1) is 37.5. The molecule has 2 saturated heterocycles. The number of amides is 1. The van der Waals surface area contributed by atoms with Crippen molar-refractivity contribution in [3.63, 3.8) is 0 Å². The summed E-state index contributed by atoms with van der Waals surface area (Å²) in [5.41, 5.74) is 0.635. The zero-order valence-corrected chi connectivity index (χ0v) is 33.0. The Morgan fingerprint density at radius 2 is 1.78 bits per heavy atom. The molecule has 2 aliphatic heterocycles. The Bertz CT molecular complexity index is 1680. The molecule has 3 aromatic rings. The number of benzene rings is 1. The molecule has 11 nitrogen and oxygen atoms in total. The first-order chi connectivity index (χ1) is 24.0. The van der Waals surface area contributed by atoms with Gasteiger partial charge in [-0.25, -0.2) is 23.8 Å². The van der Waals surface area contributed by atoms with Crippen LogP contribution in [0.5, 0.6) is 5.75 Å². The lowest BCUT2D eigenvalue weighted by atomic mass is 9.89. The van der Waals surface area contributed by atoms with E-state index in [0.29, 0.717) is 52.2 Å². The number of rotatable bonds is 12. The van der Waals surface area contributed by atoms with Crippen LogP contribution in [0.4, 0.5) is 15.0 Å². The van der Waals surface area contributed by atoms with Crippen molar-refractivity contribution in [2.24, 2.45) is 0 Å². The highest BCUT2D eigenvalue weighted by molar-refractivity contribution is 6.76. The topological polar surface area (TPSA) is 98.1 Å². The van der Waals surface area contributed by atoms with Gasteiger partial charge in [-0.3, -0.25) is 4.90 Å². The maximum Gasteiger partial charge on any atom is 0.410 e. The first-order valence-corrected chi connectivity index (χ1v) is 22.4. The Balaban J connectivity index is 1.11. The Hall–Kier alpha value is -3.29. The predicted molar refractivity (Wildman–Crippen MR) is 202 cm³/mol. The van der Waals surface area contributed by atoms with Crippen molar-refractivity contribution in [2.45, 2.75) is 122 Å². The number of carbonyl (C=O) groups excluding carboxylic acids is 1. The Morgan fingerprint density at radius 3 is 2.45 bits per heavy atom. The number of aromatic nitrogens is 4. The van der Waals surface area contributed by atoms with Gasteiger partial charge in [0.2, 0.25) is 0 Å². The molecule has 0 spiro atoms. The number of hydrogen-bond acceptors (Lipinski definition) is 9. The summed E-state index contributed by atoms with van der Waals surface area (Å²) >= 11 is 0. The molecule has 6 rings (SSSR count). The summed E-state index contributed by atoms with van der Waals surface area (Å²) in [6.07, 6.45) is 4.54. The van der Waals surface area contributed by atoms with E-state index in [9.17, 15) is 4.79 Å². The largest absolute Gasteiger partial charge is 0.488 e. The standard InChI is InChI=1S/C38H58FN7O4Si/c1-28-25-45(20-19-43(28)16-13-38(39)14-17-44(18-15-38)35(47)50-36(2,3)4)33-24-32(40-26-41-33)34-30-23-29(49-37(5)11-12-37)9-10-31(30)42-46(34)27-48-21-22-51(6,7)8/h9-10,23-24,26,28H,11-22,25,27H2,1-8H3/t28-/m0/s1. The van der Waals surface area contributed by atoms with E-state index >= 15 is 4.39 Å². The lowest BCUT2D eigenvalue weighted by molar-refractivity contribution is -0.00175. The molecule has 1 saturated carbocycles. The molecule has 1 amide bonds. The molecule has 13 heteroatoms. The van der Waals surface area contributed by atoms with Crippen LogP contribution in [0.1, 0.15) is 66.7 Å². The number of alkyl halides is 1. The van der Waals surface area contributed by atoms with Crippen LogP contribution < -0.4 is 9.64 Å². The second kappa shape index (κ2) is 14.6. The average molecular weight is 724 g/mol. The van der Waals surface area contributed by atoms with Crippen molar-refractivity contribution in [1.82, 2.24) is 29.5 Å². The van der Waals surface area contributed by atoms with Crippen molar-refractivity contribution < 1.29 is 23.4 Å². The highest BCUT2D eigenvalue weighted by Gasteiger charge is 2.40. The molecule has 0 bridgehead atoms. The molecule has 280 valence electrons. The summed E-state index contributed by atoms with van der Waals surface area (Å²) in [4.78, 5) is 28.2. The second-order valence-electron chi connectivity index (χ2n) is 17.4. The fourth-order valence-corrected chi connectivity index (χ4v) is 7.58. The van der Waals surface area contributed by atoms with Crippen LogP contribution in [0.3, 0.4) is 0 Å². The Labute approximate surface area is 303 Å². The van der Waals surface area contributed by atoms with Gasteiger partial charge in [-0.1, -0.05) is 19.6 Å². The highest BCUT2D eigenvalue weighted by Crippen LogP contribution is 2.41. The molecule has 3 aliphatic rings. The van der Waals surface area contributed by atoms with Crippen molar-refractivity contribution in [2.75, 3.05) is 50.8 Å². The van der Waals surface area contributed by atoms with Gasteiger partial charge in [-0.05, 0) is 91.0 Å². The maximum atomic E-state index is 15.9. The molecule has 3 fully saturated rings. The van der Waals surface area contributed by atoms with E-state index in [0.717, 1.165) is 72.4 Å². The third-order valence-corrected chi connectivity index (χ3v) is 12.1. The summed E-state index contributed by atoms with van der Waals surface area (Å²) in [5, 5.41) is 5.92. The third kappa shape index (κ3) is 9.78. The summed E-state index contributed by atoms with van der Waals surface area (Å²) in [6, 6.07) is 9.47. The second-order valence-corrected chi connectivity index (χ2v) is 23.0. The van der Waals surface area contributed by atoms with Crippen LogP contribution in [0.15, 0.2) is 30.6 Å². The smallest absolute Gasteiger partial charge is 0.410 e. The van der Waals surface area contributed by atoms with Crippen molar-refractivity contribution in [1.29, 1.82) is 0 Å². The van der Waals surface area contributed by atoms with Crippen molar-refractivity contribution in [3.05, 3.63) is 30.6 Å². The molecular weight excluding hydrogens is 666 g/mol. The fourth-order valence-electron chi connectivity index (χ4n) is 6.83. The number of anilines is 1. The molecule has 0 N–H and O–H groups in total. The zero-order valence-electron chi connectivity index (χ0n) is 32.0. The minimum absolute atomic E-state index is 0.0884. The molecule has 51 heavy (non-hydrogen) atoms. The van der Waals surface area contributed by atoms with E-state index in [1.165, 1.54) is 0 Å². The number of nitrogens with zero attached hydrogens (tertiary/aromatic N) is 7. The molecule has 1 aromatic carbocycles. The summed E-state index contributed by atoms with van der Waals surface area (Å²) in [7, 11) is -1.23. The molecule has 0 unspecified atom stereocenters. The van der Waals surface area contributed by atoms with Crippen LogP contribution >= 0.6 is 0 Å². The Morgan fingerprint density at radius 1 is 1.04 bits per heavy atom. The van der Waals surface area contributed by atoms with Crippen LogP contribution in [-0.4, -0.2) is 113 Å². The van der Waals surface area contributed by atoms with Gasteiger partial charge < -0.3 is 24.0 Å². The number of halogens is 1. The minimum atomic E-state index is -1.28. The van der Waals surface area contributed by atoms with E-state index in [2.05, 4.69) is 55.4 Å². The number of fused-ring (bicyclic) bond motifs is 1.